The summed E-state index contributed by atoms with van der Waals surface area (Å²) in [5.74, 6) is -24.3. The third-order valence-electron chi connectivity index (χ3n) is 3.43. The maximum absolute atomic E-state index is 13.6. The lowest BCUT2D eigenvalue weighted by Crippen LogP contribution is -2.81. The van der Waals surface area contributed by atoms with Crippen molar-refractivity contribution in [1.82, 2.24) is 0 Å². The normalized spacial score (nSPS) is 16.3. The van der Waals surface area contributed by atoms with Crippen LogP contribution < -0.4 is 0 Å². The smallest absolute Gasteiger partial charge is 0.390 e. The molecule has 0 fully saturated rings. The topological polar surface area (TPSA) is 29.5 Å². The average Bonchev–Trinajstić information content (AvgIpc) is 2.37. The van der Waals surface area contributed by atoms with Crippen molar-refractivity contribution in [1.29, 1.82) is 0 Å². The first-order valence-corrected chi connectivity index (χ1v) is 6.90. The Bertz CT molecular complexity index is 499. The van der Waals surface area contributed by atoms with E-state index >= 15 is 0 Å². The molecule has 0 aliphatic carbocycles. The Balaban J connectivity index is 7.27. The highest BCUT2D eigenvalue weighted by molar-refractivity contribution is 5.19. The number of aliphatic hydroxyl groups is 1. The van der Waals surface area contributed by atoms with Crippen LogP contribution in [0.3, 0.4) is 0 Å². The van der Waals surface area contributed by atoms with Gasteiger partial charge in [-0.25, -0.2) is 0 Å². The molecule has 0 amide bonds. The van der Waals surface area contributed by atoms with Crippen molar-refractivity contribution in [2.75, 3.05) is 6.61 Å². The Morgan fingerprint density at radius 2 is 0.793 bits per heavy atom. The van der Waals surface area contributed by atoms with Gasteiger partial charge in [0.2, 0.25) is 0 Å². The van der Waals surface area contributed by atoms with Crippen LogP contribution in [0.4, 0.5) is 65.9 Å². The highest BCUT2D eigenvalue weighted by atomic mass is 19.4. The van der Waals surface area contributed by atoms with Crippen molar-refractivity contribution < 1.29 is 75.7 Å². The van der Waals surface area contributed by atoms with Crippen molar-refractivity contribution in [3.05, 3.63) is 0 Å². The van der Waals surface area contributed by atoms with Crippen LogP contribution in [-0.2, 0) is 4.74 Å². The molecule has 0 aliphatic rings. The predicted molar refractivity (Wildman–Crippen MR) is 62.6 cm³/mol. The van der Waals surface area contributed by atoms with E-state index in [4.69, 9.17) is 0 Å². The second-order valence-electron chi connectivity index (χ2n) is 6.31. The Morgan fingerprint density at radius 3 is 0.966 bits per heavy atom. The van der Waals surface area contributed by atoms with E-state index in [1.54, 1.807) is 0 Å². The maximum atomic E-state index is 13.6. The van der Waals surface area contributed by atoms with Gasteiger partial charge >= 0.3 is 36.3 Å². The minimum Gasteiger partial charge on any atom is -0.390 e. The van der Waals surface area contributed by atoms with E-state index in [9.17, 15) is 71.0 Å². The van der Waals surface area contributed by atoms with Crippen LogP contribution in [-0.4, -0.2) is 59.2 Å². The van der Waals surface area contributed by atoms with Crippen LogP contribution in [0.5, 0.6) is 0 Å². The summed E-state index contributed by atoms with van der Waals surface area (Å²) in [7, 11) is 0. The van der Waals surface area contributed by atoms with Gasteiger partial charge in [0.15, 0.2) is 0 Å². The fraction of sp³-hybridized carbons (Fsp3) is 1.00. The molecule has 0 rings (SSSR count). The number of halogens is 15. The van der Waals surface area contributed by atoms with Crippen molar-refractivity contribution >= 4 is 0 Å². The Hall–Kier alpha value is -1.13. The summed E-state index contributed by atoms with van der Waals surface area (Å²) in [6.45, 7) is -1.11. The van der Waals surface area contributed by atoms with Crippen LogP contribution >= 0.6 is 0 Å². The number of hydrogen-bond acceptors (Lipinski definition) is 2. The summed E-state index contributed by atoms with van der Waals surface area (Å²) in [4.78, 5) is 0. The molecule has 0 saturated heterocycles. The van der Waals surface area contributed by atoms with Gasteiger partial charge in [0.05, 0.1) is 12.2 Å². The van der Waals surface area contributed by atoms with Crippen LogP contribution in [0.15, 0.2) is 0 Å². The monoisotopic (exact) mass is 472 g/mol. The van der Waals surface area contributed by atoms with Gasteiger partial charge in [-0.3, -0.25) is 0 Å². The summed E-state index contributed by atoms with van der Waals surface area (Å²) >= 11 is 0. The molecule has 0 unspecified atom stereocenters. The quantitative estimate of drug-likeness (QED) is 0.497. The summed E-state index contributed by atoms with van der Waals surface area (Å²) in [5, 5.41) is 9.19. The first-order valence-electron chi connectivity index (χ1n) is 6.90. The van der Waals surface area contributed by atoms with Crippen LogP contribution in [0.25, 0.3) is 0 Å². The standard InChI is InChI=1S/C12H11F15O2/c1-5(2,28)3-4-29-6(7(13,14)10(19,20)21,8(15,16)11(22,23)24)9(17,18)12(25,26)27/h28H,3-4H2,1-2H3. The first kappa shape index (κ1) is 27.9. The van der Waals surface area contributed by atoms with Gasteiger partial charge in [-0.1, -0.05) is 0 Å². The van der Waals surface area contributed by atoms with Gasteiger partial charge < -0.3 is 9.84 Å². The van der Waals surface area contributed by atoms with E-state index in [-0.39, 0.29) is 0 Å². The molecule has 0 aromatic carbocycles. The van der Waals surface area contributed by atoms with Crippen LogP contribution in [0.2, 0.25) is 0 Å². The van der Waals surface area contributed by atoms with Crippen LogP contribution in [0.1, 0.15) is 20.3 Å². The van der Waals surface area contributed by atoms with E-state index in [1.807, 2.05) is 0 Å². The van der Waals surface area contributed by atoms with Crippen molar-refractivity contribution in [3.63, 3.8) is 0 Å². The summed E-state index contributed by atoms with van der Waals surface area (Å²) < 4.78 is 198. The molecule has 0 saturated carbocycles. The molecular weight excluding hydrogens is 461 g/mol. The molecule has 0 heterocycles. The molecule has 176 valence electrons. The maximum Gasteiger partial charge on any atom is 0.456 e. The van der Waals surface area contributed by atoms with Crippen molar-refractivity contribution in [2.24, 2.45) is 0 Å². The minimum atomic E-state index is -8.09. The molecule has 0 aliphatic heterocycles. The molecule has 0 spiro atoms. The summed E-state index contributed by atoms with van der Waals surface area (Å²) in [6, 6.07) is 0. The van der Waals surface area contributed by atoms with E-state index in [0.717, 1.165) is 0 Å². The Morgan fingerprint density at radius 1 is 0.552 bits per heavy atom. The molecular formula is C12H11F15O2. The van der Waals surface area contributed by atoms with Gasteiger partial charge in [-0.2, -0.15) is 65.9 Å². The molecule has 0 radical (unpaired) electrons. The molecule has 2 nitrogen and oxygen atoms in total. The van der Waals surface area contributed by atoms with Crippen molar-refractivity contribution in [2.45, 2.75) is 67.8 Å². The van der Waals surface area contributed by atoms with Gasteiger partial charge in [0.25, 0.3) is 5.60 Å². The third-order valence-corrected chi connectivity index (χ3v) is 3.43. The lowest BCUT2D eigenvalue weighted by molar-refractivity contribution is -0.494. The van der Waals surface area contributed by atoms with E-state index in [1.165, 1.54) is 0 Å². The summed E-state index contributed by atoms with van der Waals surface area (Å²) in [6.07, 6.45) is -24.8. The summed E-state index contributed by atoms with van der Waals surface area (Å²) in [5.41, 5.74) is -10.1. The molecule has 1 N–H and O–H groups in total. The molecule has 0 aromatic rings. The second kappa shape index (κ2) is 7.23. The second-order valence-corrected chi connectivity index (χ2v) is 6.31. The SMILES string of the molecule is CC(C)(O)CCOC(C(F)(F)C(F)(F)F)(C(F)(F)C(F)(F)F)C(F)(F)C(F)(F)F. The zero-order chi connectivity index (χ0) is 24.1. The van der Waals surface area contributed by atoms with E-state index < -0.39 is 60.5 Å². The predicted octanol–water partition coefficient (Wildman–Crippen LogP) is 5.50. The Kier molecular flexibility index (Phi) is 6.95. The minimum absolute atomic E-state index is 0.643. The van der Waals surface area contributed by atoms with Crippen molar-refractivity contribution in [3.8, 4) is 0 Å². The van der Waals surface area contributed by atoms with E-state index in [2.05, 4.69) is 4.74 Å². The molecule has 0 bridgehead atoms. The Labute approximate surface area is 151 Å². The van der Waals surface area contributed by atoms with E-state index in [0.29, 0.717) is 13.8 Å². The fourth-order valence-corrected chi connectivity index (χ4v) is 1.92. The van der Waals surface area contributed by atoms with Gasteiger partial charge in [-0.05, 0) is 20.3 Å². The highest BCUT2D eigenvalue weighted by Crippen LogP contribution is 2.65. The zero-order valence-corrected chi connectivity index (χ0v) is 13.9. The van der Waals surface area contributed by atoms with Crippen LogP contribution in [0, 0.1) is 0 Å². The average molecular weight is 472 g/mol. The number of rotatable bonds is 7. The largest absolute Gasteiger partial charge is 0.456 e. The molecule has 29 heavy (non-hydrogen) atoms. The zero-order valence-electron chi connectivity index (χ0n) is 13.9. The lowest BCUT2D eigenvalue weighted by Gasteiger charge is -2.49. The highest BCUT2D eigenvalue weighted by Gasteiger charge is 2.97. The first-order chi connectivity index (χ1) is 12.2. The fourth-order valence-electron chi connectivity index (χ4n) is 1.92. The van der Waals surface area contributed by atoms with Gasteiger partial charge in [0, 0.05) is 0 Å². The number of hydrogen-bond donors (Lipinski definition) is 1. The lowest BCUT2D eigenvalue weighted by atomic mass is 9.79. The molecule has 0 aromatic heterocycles. The van der Waals surface area contributed by atoms with Gasteiger partial charge in [-0.15, -0.1) is 0 Å². The third kappa shape index (κ3) is 4.49. The molecule has 17 heteroatoms. The number of alkyl halides is 15. The number of ether oxygens (including phenoxy) is 1. The van der Waals surface area contributed by atoms with Gasteiger partial charge in [0.1, 0.15) is 0 Å². The molecule has 0 atom stereocenters.